The third kappa shape index (κ3) is 4.44. The van der Waals surface area contributed by atoms with Crippen molar-refractivity contribution in [2.24, 2.45) is 0 Å². The van der Waals surface area contributed by atoms with Gasteiger partial charge in [-0.2, -0.15) is 0 Å². The number of carbonyl (C=O) groups excluding carboxylic acids is 1. The monoisotopic (exact) mass is 292 g/mol. The lowest BCUT2D eigenvalue weighted by molar-refractivity contribution is -0.130. The van der Waals surface area contributed by atoms with Crippen LogP contribution in [0.15, 0.2) is 18.2 Å². The van der Waals surface area contributed by atoms with Gasteiger partial charge >= 0.3 is 0 Å². The standard InChI is InChI=1S/C16H24N2O3/c1-4-7-20-14-8-12(2)5-6-13(14)18-15(19)9-21-16(3)10-17-11-16/h5-6,8,17H,4,7,9-11H2,1-3H3,(H,18,19). The second-order valence-electron chi connectivity index (χ2n) is 5.74. The van der Waals surface area contributed by atoms with E-state index in [1.165, 1.54) is 0 Å². The first-order valence-electron chi connectivity index (χ1n) is 7.40. The molecule has 0 radical (unpaired) electrons. The highest BCUT2D eigenvalue weighted by atomic mass is 16.5. The van der Waals surface area contributed by atoms with Crippen LogP contribution in [0.5, 0.6) is 5.75 Å². The van der Waals surface area contributed by atoms with Crippen molar-refractivity contribution in [2.45, 2.75) is 32.8 Å². The van der Waals surface area contributed by atoms with Gasteiger partial charge in [-0.05, 0) is 38.0 Å². The second kappa shape index (κ2) is 6.91. The Morgan fingerprint density at radius 2 is 2.19 bits per heavy atom. The van der Waals surface area contributed by atoms with E-state index in [0.717, 1.165) is 25.1 Å². The van der Waals surface area contributed by atoms with Gasteiger partial charge in [-0.3, -0.25) is 4.79 Å². The summed E-state index contributed by atoms with van der Waals surface area (Å²) in [5, 5.41) is 6.00. The summed E-state index contributed by atoms with van der Waals surface area (Å²) in [6, 6.07) is 5.75. The van der Waals surface area contributed by atoms with E-state index in [4.69, 9.17) is 9.47 Å². The number of nitrogens with one attached hydrogen (secondary N) is 2. The van der Waals surface area contributed by atoms with Gasteiger partial charge in [0.1, 0.15) is 12.4 Å². The molecule has 0 bridgehead atoms. The number of ether oxygens (including phenoxy) is 2. The second-order valence-corrected chi connectivity index (χ2v) is 5.74. The highest BCUT2D eigenvalue weighted by molar-refractivity contribution is 5.93. The van der Waals surface area contributed by atoms with Crippen molar-refractivity contribution in [1.82, 2.24) is 5.32 Å². The molecule has 1 saturated heterocycles. The quantitative estimate of drug-likeness (QED) is 0.808. The van der Waals surface area contributed by atoms with Crippen LogP contribution in [0, 0.1) is 6.92 Å². The Bertz CT molecular complexity index is 498. The lowest BCUT2D eigenvalue weighted by Crippen LogP contribution is -2.59. The molecule has 1 aliphatic rings. The predicted molar refractivity (Wildman–Crippen MR) is 82.8 cm³/mol. The molecule has 1 aromatic carbocycles. The van der Waals surface area contributed by atoms with E-state index in [2.05, 4.69) is 17.6 Å². The SMILES string of the molecule is CCCOc1cc(C)ccc1NC(=O)COC1(C)CNC1. The molecule has 0 saturated carbocycles. The van der Waals surface area contributed by atoms with Gasteiger partial charge in [-0.1, -0.05) is 13.0 Å². The Hall–Kier alpha value is -1.59. The van der Waals surface area contributed by atoms with Crippen LogP contribution in [0.1, 0.15) is 25.8 Å². The van der Waals surface area contributed by atoms with E-state index in [-0.39, 0.29) is 18.1 Å². The third-order valence-electron chi connectivity index (χ3n) is 3.42. The van der Waals surface area contributed by atoms with Gasteiger partial charge in [-0.25, -0.2) is 0 Å². The van der Waals surface area contributed by atoms with Gasteiger partial charge < -0.3 is 20.1 Å². The molecule has 116 valence electrons. The Kier molecular flexibility index (Phi) is 5.20. The Labute approximate surface area is 126 Å². The molecule has 1 aromatic rings. The maximum Gasteiger partial charge on any atom is 0.250 e. The summed E-state index contributed by atoms with van der Waals surface area (Å²) in [5.74, 6) is 0.551. The van der Waals surface area contributed by atoms with Crippen molar-refractivity contribution < 1.29 is 14.3 Å². The van der Waals surface area contributed by atoms with Gasteiger partial charge in [0.2, 0.25) is 0 Å². The smallest absolute Gasteiger partial charge is 0.250 e. The summed E-state index contributed by atoms with van der Waals surface area (Å²) < 4.78 is 11.3. The first-order valence-corrected chi connectivity index (χ1v) is 7.40. The molecule has 1 aliphatic heterocycles. The Morgan fingerprint density at radius 3 is 2.81 bits per heavy atom. The van der Waals surface area contributed by atoms with Gasteiger partial charge in [0, 0.05) is 13.1 Å². The number of amides is 1. The number of carbonyl (C=O) groups is 1. The number of hydrogen-bond donors (Lipinski definition) is 2. The Balaban J connectivity index is 1.92. The maximum atomic E-state index is 12.0. The fourth-order valence-corrected chi connectivity index (χ4v) is 2.07. The van der Waals surface area contributed by atoms with Crippen molar-refractivity contribution >= 4 is 11.6 Å². The first-order chi connectivity index (χ1) is 10.0. The van der Waals surface area contributed by atoms with E-state index in [1.54, 1.807) is 0 Å². The molecule has 1 heterocycles. The van der Waals surface area contributed by atoms with E-state index in [0.29, 0.717) is 18.0 Å². The molecule has 5 heteroatoms. The normalized spacial score (nSPS) is 16.1. The van der Waals surface area contributed by atoms with Crippen molar-refractivity contribution in [3.8, 4) is 5.75 Å². The van der Waals surface area contributed by atoms with E-state index >= 15 is 0 Å². The predicted octanol–water partition coefficient (Wildman–Crippen LogP) is 2.10. The van der Waals surface area contributed by atoms with Crippen molar-refractivity contribution in [3.05, 3.63) is 23.8 Å². The molecule has 1 fully saturated rings. The molecule has 5 nitrogen and oxygen atoms in total. The summed E-state index contributed by atoms with van der Waals surface area (Å²) in [5.41, 5.74) is 1.58. The van der Waals surface area contributed by atoms with Crippen LogP contribution in [0.3, 0.4) is 0 Å². The zero-order valence-electron chi connectivity index (χ0n) is 13.0. The largest absolute Gasteiger partial charge is 0.491 e. The molecular weight excluding hydrogens is 268 g/mol. The molecule has 0 unspecified atom stereocenters. The zero-order valence-corrected chi connectivity index (χ0v) is 13.0. The van der Waals surface area contributed by atoms with E-state index < -0.39 is 0 Å². The van der Waals surface area contributed by atoms with Gasteiger partial charge in [0.15, 0.2) is 0 Å². The van der Waals surface area contributed by atoms with Crippen LogP contribution in [-0.4, -0.2) is 37.8 Å². The molecular formula is C16H24N2O3. The van der Waals surface area contributed by atoms with E-state index in [1.807, 2.05) is 32.0 Å². The fraction of sp³-hybridized carbons (Fsp3) is 0.562. The summed E-state index contributed by atoms with van der Waals surface area (Å²) >= 11 is 0. The van der Waals surface area contributed by atoms with Gasteiger partial charge in [0.25, 0.3) is 5.91 Å². The number of anilines is 1. The van der Waals surface area contributed by atoms with Crippen LogP contribution < -0.4 is 15.4 Å². The minimum atomic E-state index is -0.216. The summed E-state index contributed by atoms with van der Waals surface area (Å²) in [4.78, 5) is 12.0. The van der Waals surface area contributed by atoms with Crippen LogP contribution in [0.25, 0.3) is 0 Å². The number of rotatable bonds is 7. The highest BCUT2D eigenvalue weighted by Gasteiger charge is 2.33. The number of benzene rings is 1. The van der Waals surface area contributed by atoms with Crippen LogP contribution in [0.4, 0.5) is 5.69 Å². The molecule has 0 spiro atoms. The van der Waals surface area contributed by atoms with Crippen molar-refractivity contribution in [1.29, 1.82) is 0 Å². The minimum Gasteiger partial charge on any atom is -0.491 e. The molecule has 0 aliphatic carbocycles. The molecule has 2 N–H and O–H groups in total. The highest BCUT2D eigenvalue weighted by Crippen LogP contribution is 2.26. The van der Waals surface area contributed by atoms with Crippen LogP contribution in [0.2, 0.25) is 0 Å². The topological polar surface area (TPSA) is 59.6 Å². The zero-order chi connectivity index (χ0) is 15.3. The minimum absolute atomic E-state index is 0.0548. The maximum absolute atomic E-state index is 12.0. The molecule has 1 amide bonds. The molecule has 2 rings (SSSR count). The van der Waals surface area contributed by atoms with Gasteiger partial charge in [0.05, 0.1) is 17.9 Å². The number of hydrogen-bond acceptors (Lipinski definition) is 4. The average Bonchev–Trinajstić information content (AvgIpc) is 2.43. The summed E-state index contributed by atoms with van der Waals surface area (Å²) in [7, 11) is 0. The van der Waals surface area contributed by atoms with Gasteiger partial charge in [-0.15, -0.1) is 0 Å². The van der Waals surface area contributed by atoms with E-state index in [9.17, 15) is 4.79 Å². The Morgan fingerprint density at radius 1 is 1.43 bits per heavy atom. The van der Waals surface area contributed by atoms with Crippen molar-refractivity contribution in [2.75, 3.05) is 31.6 Å². The molecule has 0 atom stereocenters. The van der Waals surface area contributed by atoms with Crippen LogP contribution in [-0.2, 0) is 9.53 Å². The van der Waals surface area contributed by atoms with Crippen molar-refractivity contribution in [3.63, 3.8) is 0 Å². The fourth-order valence-electron chi connectivity index (χ4n) is 2.07. The average molecular weight is 292 g/mol. The summed E-state index contributed by atoms with van der Waals surface area (Å²) in [6.07, 6.45) is 0.926. The lowest BCUT2D eigenvalue weighted by atomic mass is 10.0. The van der Waals surface area contributed by atoms with Crippen LogP contribution >= 0.6 is 0 Å². The summed E-state index contributed by atoms with van der Waals surface area (Å²) in [6.45, 7) is 8.31. The molecule has 0 aromatic heterocycles. The molecule has 21 heavy (non-hydrogen) atoms. The lowest BCUT2D eigenvalue weighted by Gasteiger charge is -2.38. The third-order valence-corrected chi connectivity index (χ3v) is 3.42. The first kappa shape index (κ1) is 15.8. The number of aryl methyl sites for hydroxylation is 1.